The third-order valence-electron chi connectivity index (χ3n) is 6.43. The molecular formula is C24H24F2N4O3S. The second-order valence-electron chi connectivity index (χ2n) is 8.52. The molecule has 0 bridgehead atoms. The number of fused-ring (bicyclic) bond motifs is 1. The molecule has 1 amide bonds. The first kappa shape index (κ1) is 22.7. The molecule has 1 aromatic heterocycles. The second kappa shape index (κ2) is 8.92. The van der Waals surface area contributed by atoms with Crippen LogP contribution in [0.2, 0.25) is 0 Å². The lowest BCUT2D eigenvalue weighted by atomic mass is 9.95. The highest BCUT2D eigenvalue weighted by molar-refractivity contribution is 7.89. The average molecular weight is 487 g/mol. The summed E-state index contributed by atoms with van der Waals surface area (Å²) in [7, 11) is -3.76. The van der Waals surface area contributed by atoms with Gasteiger partial charge in [0.1, 0.15) is 11.6 Å². The van der Waals surface area contributed by atoms with Gasteiger partial charge in [-0.1, -0.05) is 0 Å². The average Bonchev–Trinajstić information content (AvgIpc) is 3.24. The van der Waals surface area contributed by atoms with E-state index in [1.54, 1.807) is 21.7 Å². The number of hydrogen-bond donors (Lipinski definition) is 0. The summed E-state index contributed by atoms with van der Waals surface area (Å²) in [6.45, 7) is 0.757. The molecular weight excluding hydrogens is 462 g/mol. The minimum absolute atomic E-state index is 0.0285. The molecule has 0 radical (unpaired) electrons. The van der Waals surface area contributed by atoms with Crippen molar-refractivity contribution in [3.63, 3.8) is 0 Å². The zero-order valence-electron chi connectivity index (χ0n) is 18.5. The van der Waals surface area contributed by atoms with Gasteiger partial charge in [0.05, 0.1) is 10.6 Å². The van der Waals surface area contributed by atoms with Gasteiger partial charge >= 0.3 is 0 Å². The van der Waals surface area contributed by atoms with Crippen molar-refractivity contribution in [2.75, 3.05) is 26.2 Å². The summed E-state index contributed by atoms with van der Waals surface area (Å²) in [5.74, 6) is -1.06. The molecule has 7 nitrogen and oxygen atoms in total. The summed E-state index contributed by atoms with van der Waals surface area (Å²) in [6, 6.07) is 10.8. The number of piperazine rings is 1. The molecule has 178 valence electrons. The van der Waals surface area contributed by atoms with E-state index in [2.05, 4.69) is 5.10 Å². The summed E-state index contributed by atoms with van der Waals surface area (Å²) in [5, 5.41) is 4.63. The molecule has 2 aliphatic rings. The van der Waals surface area contributed by atoms with Crippen molar-refractivity contribution < 1.29 is 22.0 Å². The van der Waals surface area contributed by atoms with Crippen LogP contribution in [0.1, 0.15) is 34.6 Å². The van der Waals surface area contributed by atoms with E-state index in [9.17, 15) is 22.0 Å². The fourth-order valence-electron chi connectivity index (χ4n) is 4.60. The van der Waals surface area contributed by atoms with E-state index in [1.165, 1.54) is 28.6 Å². The Kier molecular flexibility index (Phi) is 5.95. The van der Waals surface area contributed by atoms with Crippen molar-refractivity contribution in [2.45, 2.75) is 30.6 Å². The zero-order chi connectivity index (χ0) is 23.9. The fourth-order valence-corrected chi connectivity index (χ4v) is 6.03. The van der Waals surface area contributed by atoms with Crippen LogP contribution in [0.5, 0.6) is 0 Å². The van der Waals surface area contributed by atoms with E-state index in [4.69, 9.17) is 0 Å². The Labute approximate surface area is 196 Å². The number of amides is 1. The predicted molar refractivity (Wildman–Crippen MR) is 121 cm³/mol. The van der Waals surface area contributed by atoms with Crippen LogP contribution in [0.15, 0.2) is 53.4 Å². The third-order valence-corrected chi connectivity index (χ3v) is 8.34. The molecule has 0 spiro atoms. The lowest BCUT2D eigenvalue weighted by molar-refractivity contribution is 0.0690. The summed E-state index contributed by atoms with van der Waals surface area (Å²) < 4.78 is 55.4. The van der Waals surface area contributed by atoms with Gasteiger partial charge in [-0.2, -0.15) is 9.40 Å². The summed E-state index contributed by atoms with van der Waals surface area (Å²) in [5.41, 5.74) is 2.98. The first-order valence-electron chi connectivity index (χ1n) is 11.3. The third kappa shape index (κ3) is 4.12. The molecule has 2 heterocycles. The molecule has 2 aromatic carbocycles. The maximum Gasteiger partial charge on any atom is 0.274 e. The Bertz CT molecular complexity index is 1310. The summed E-state index contributed by atoms with van der Waals surface area (Å²) >= 11 is 0. The number of halogens is 2. The van der Waals surface area contributed by atoms with E-state index in [0.717, 1.165) is 49.1 Å². The van der Waals surface area contributed by atoms with E-state index in [0.29, 0.717) is 11.4 Å². The SMILES string of the molecule is O=C(c1nn(-c2ccc(F)cc2)c2c1CCCC2)N1CCN(S(=O)(=O)c2ccc(F)cc2)CC1. The van der Waals surface area contributed by atoms with Crippen LogP contribution >= 0.6 is 0 Å². The largest absolute Gasteiger partial charge is 0.335 e. The number of carbonyl (C=O) groups is 1. The molecule has 1 aliphatic heterocycles. The van der Waals surface area contributed by atoms with E-state index < -0.39 is 15.8 Å². The fraction of sp³-hybridized carbons (Fsp3) is 0.333. The number of nitrogens with zero attached hydrogens (tertiary/aromatic N) is 4. The van der Waals surface area contributed by atoms with Crippen LogP contribution < -0.4 is 0 Å². The number of hydrogen-bond acceptors (Lipinski definition) is 4. The van der Waals surface area contributed by atoms with E-state index >= 15 is 0 Å². The van der Waals surface area contributed by atoms with Gasteiger partial charge < -0.3 is 4.90 Å². The van der Waals surface area contributed by atoms with Gasteiger partial charge in [0, 0.05) is 37.4 Å². The number of benzene rings is 2. The van der Waals surface area contributed by atoms with Crippen molar-refractivity contribution in [3.8, 4) is 5.69 Å². The molecule has 10 heteroatoms. The highest BCUT2D eigenvalue weighted by Gasteiger charge is 2.33. The molecule has 3 aromatic rings. The first-order valence-corrected chi connectivity index (χ1v) is 12.7. The lowest BCUT2D eigenvalue weighted by Gasteiger charge is -2.33. The molecule has 0 atom stereocenters. The van der Waals surface area contributed by atoms with Crippen molar-refractivity contribution in [1.29, 1.82) is 0 Å². The molecule has 1 fully saturated rings. The predicted octanol–water partition coefficient (Wildman–Crippen LogP) is 3.18. The number of aromatic nitrogens is 2. The van der Waals surface area contributed by atoms with Crippen LogP contribution in [0.4, 0.5) is 8.78 Å². The van der Waals surface area contributed by atoms with Crippen LogP contribution in [0.25, 0.3) is 5.69 Å². The second-order valence-corrected chi connectivity index (χ2v) is 10.5. The maximum atomic E-state index is 13.4. The van der Waals surface area contributed by atoms with Crippen molar-refractivity contribution in [3.05, 3.63) is 77.1 Å². The Morgan fingerprint density at radius 3 is 2.06 bits per heavy atom. The van der Waals surface area contributed by atoms with Crippen LogP contribution in [-0.4, -0.2) is 59.5 Å². The molecule has 1 aliphatic carbocycles. The lowest BCUT2D eigenvalue weighted by Crippen LogP contribution is -2.50. The minimum Gasteiger partial charge on any atom is -0.335 e. The maximum absolute atomic E-state index is 13.4. The zero-order valence-corrected chi connectivity index (χ0v) is 19.3. The van der Waals surface area contributed by atoms with Gasteiger partial charge in [-0.05, 0) is 74.2 Å². The Balaban J connectivity index is 1.36. The summed E-state index contributed by atoms with van der Waals surface area (Å²) in [4.78, 5) is 15.1. The number of rotatable bonds is 4. The van der Waals surface area contributed by atoms with Crippen LogP contribution in [-0.2, 0) is 22.9 Å². The minimum atomic E-state index is -3.76. The molecule has 0 saturated carbocycles. The van der Waals surface area contributed by atoms with Crippen molar-refractivity contribution in [1.82, 2.24) is 19.0 Å². The number of sulfonamides is 1. The normalized spacial score (nSPS) is 16.9. The van der Waals surface area contributed by atoms with Crippen LogP contribution in [0, 0.1) is 11.6 Å². The van der Waals surface area contributed by atoms with Gasteiger partial charge in [0.2, 0.25) is 10.0 Å². The van der Waals surface area contributed by atoms with Gasteiger partial charge in [-0.15, -0.1) is 0 Å². The Morgan fingerprint density at radius 1 is 0.824 bits per heavy atom. The van der Waals surface area contributed by atoms with Gasteiger partial charge in [-0.25, -0.2) is 21.9 Å². The van der Waals surface area contributed by atoms with Crippen molar-refractivity contribution in [2.24, 2.45) is 0 Å². The van der Waals surface area contributed by atoms with Gasteiger partial charge in [-0.3, -0.25) is 4.79 Å². The topological polar surface area (TPSA) is 75.5 Å². The van der Waals surface area contributed by atoms with E-state index in [1.807, 2.05) is 0 Å². The highest BCUT2D eigenvalue weighted by Crippen LogP contribution is 2.28. The standard InChI is InChI=1S/C24H24F2N4O3S/c25-17-5-9-19(10-6-17)30-22-4-2-1-3-21(22)23(27-30)24(31)28-13-15-29(16-14-28)34(32,33)20-11-7-18(26)8-12-20/h5-12H,1-4,13-16H2. The molecule has 0 unspecified atom stereocenters. The van der Waals surface area contributed by atoms with Crippen molar-refractivity contribution >= 4 is 15.9 Å². The quantitative estimate of drug-likeness (QED) is 0.568. The Hall–Kier alpha value is -3.11. The molecule has 34 heavy (non-hydrogen) atoms. The first-order chi connectivity index (χ1) is 16.3. The van der Waals surface area contributed by atoms with Gasteiger partial charge in [0.25, 0.3) is 5.91 Å². The molecule has 5 rings (SSSR count). The summed E-state index contributed by atoms with van der Waals surface area (Å²) in [6.07, 6.45) is 3.49. The molecule has 1 saturated heterocycles. The van der Waals surface area contributed by atoms with E-state index in [-0.39, 0.29) is 42.8 Å². The smallest absolute Gasteiger partial charge is 0.274 e. The van der Waals surface area contributed by atoms with Crippen LogP contribution in [0.3, 0.4) is 0 Å². The van der Waals surface area contributed by atoms with Gasteiger partial charge in [0.15, 0.2) is 5.69 Å². The monoisotopic (exact) mass is 486 g/mol. The number of carbonyl (C=O) groups excluding carboxylic acids is 1. The Morgan fingerprint density at radius 2 is 1.41 bits per heavy atom. The highest BCUT2D eigenvalue weighted by atomic mass is 32.2. The molecule has 0 N–H and O–H groups in total.